The number of halogens is 2. The monoisotopic (exact) mass is 378 g/mol. The largest absolute Gasteiger partial charge is 0.352 e. The fourth-order valence-electron chi connectivity index (χ4n) is 2.49. The third-order valence-electron chi connectivity index (χ3n) is 4.02. The number of nitrogens with one attached hydrogen (secondary N) is 1. The molecule has 0 radical (unpaired) electrons. The van der Waals surface area contributed by atoms with E-state index in [2.05, 4.69) is 15.5 Å². The molecule has 26 heavy (non-hydrogen) atoms. The Balaban J connectivity index is 0.00000243. The molecule has 0 fully saturated rings. The van der Waals surface area contributed by atoms with Crippen molar-refractivity contribution in [2.75, 3.05) is 13.1 Å². The predicted octanol–water partition coefficient (Wildman–Crippen LogP) is 3.08. The zero-order valence-corrected chi connectivity index (χ0v) is 15.3. The number of rotatable bonds is 5. The van der Waals surface area contributed by atoms with E-state index < -0.39 is 0 Å². The number of hydrogen-bond acceptors (Lipinski definition) is 5. The van der Waals surface area contributed by atoms with Crippen molar-refractivity contribution in [1.29, 1.82) is 0 Å². The second-order valence-corrected chi connectivity index (χ2v) is 6.06. The number of amides is 1. The van der Waals surface area contributed by atoms with Crippen molar-refractivity contribution in [3.05, 3.63) is 47.4 Å². The lowest BCUT2D eigenvalue weighted by atomic mass is 10.0. The maximum absolute atomic E-state index is 13.2. The number of benzene rings is 1. The summed E-state index contributed by atoms with van der Waals surface area (Å²) in [5.74, 6) is -0.419. The van der Waals surface area contributed by atoms with Crippen molar-refractivity contribution in [2.24, 2.45) is 11.7 Å². The Bertz CT molecular complexity index is 911. The summed E-state index contributed by atoms with van der Waals surface area (Å²) in [6, 6.07) is 7.56. The van der Waals surface area contributed by atoms with Crippen LogP contribution in [0.5, 0.6) is 0 Å². The summed E-state index contributed by atoms with van der Waals surface area (Å²) in [5, 5.41) is 7.34. The highest BCUT2D eigenvalue weighted by atomic mass is 35.5. The molecule has 1 unspecified atom stereocenters. The molecule has 0 aliphatic carbocycles. The van der Waals surface area contributed by atoms with Crippen molar-refractivity contribution < 1.29 is 13.7 Å². The van der Waals surface area contributed by atoms with Gasteiger partial charge in [-0.05, 0) is 49.7 Å². The average Bonchev–Trinajstić information content (AvgIpc) is 3.00. The second kappa shape index (κ2) is 8.25. The van der Waals surface area contributed by atoms with Gasteiger partial charge < -0.3 is 15.6 Å². The first-order valence-corrected chi connectivity index (χ1v) is 8.00. The van der Waals surface area contributed by atoms with Crippen molar-refractivity contribution in [2.45, 2.75) is 13.8 Å². The Hall–Kier alpha value is -2.51. The number of nitrogens with zero attached hydrogens (tertiary/aromatic N) is 2. The molecule has 3 N–H and O–H groups in total. The minimum Gasteiger partial charge on any atom is -0.352 e. The lowest BCUT2D eigenvalue weighted by Gasteiger charge is -2.11. The summed E-state index contributed by atoms with van der Waals surface area (Å²) >= 11 is 0. The lowest BCUT2D eigenvalue weighted by Crippen LogP contribution is -2.31. The molecule has 0 saturated heterocycles. The molecule has 138 valence electrons. The van der Waals surface area contributed by atoms with Gasteiger partial charge in [0, 0.05) is 12.1 Å². The van der Waals surface area contributed by atoms with E-state index in [4.69, 9.17) is 10.3 Å². The van der Waals surface area contributed by atoms with Crippen molar-refractivity contribution in [3.63, 3.8) is 0 Å². The molecule has 0 aliphatic heterocycles. The van der Waals surface area contributed by atoms with E-state index in [1.54, 1.807) is 25.1 Å². The number of aromatic nitrogens is 2. The van der Waals surface area contributed by atoms with Gasteiger partial charge >= 0.3 is 0 Å². The number of pyridine rings is 1. The van der Waals surface area contributed by atoms with Gasteiger partial charge in [-0.25, -0.2) is 9.37 Å². The van der Waals surface area contributed by atoms with E-state index in [0.29, 0.717) is 41.0 Å². The molecule has 1 aromatic carbocycles. The van der Waals surface area contributed by atoms with Gasteiger partial charge in [0.2, 0.25) is 0 Å². The van der Waals surface area contributed by atoms with Gasteiger partial charge in [-0.1, -0.05) is 12.1 Å². The van der Waals surface area contributed by atoms with Gasteiger partial charge in [0.25, 0.3) is 11.6 Å². The lowest BCUT2D eigenvalue weighted by molar-refractivity contribution is 0.0950. The maximum atomic E-state index is 13.2. The first-order chi connectivity index (χ1) is 12.0. The Morgan fingerprint density at radius 2 is 2.04 bits per heavy atom. The second-order valence-electron chi connectivity index (χ2n) is 6.06. The number of nitrogens with two attached hydrogens (primary N) is 1. The van der Waals surface area contributed by atoms with Crippen LogP contribution >= 0.6 is 12.4 Å². The van der Waals surface area contributed by atoms with Gasteiger partial charge in [0.15, 0.2) is 0 Å². The average molecular weight is 379 g/mol. The van der Waals surface area contributed by atoms with Crippen LogP contribution in [0, 0.1) is 18.7 Å². The molecule has 1 atom stereocenters. The SMILES string of the molecule is Cc1noc2nc(-c3ccc(F)cc3)cc(C(=O)NCC(C)CN)c12.Cl. The van der Waals surface area contributed by atoms with E-state index in [1.807, 2.05) is 6.92 Å². The molecule has 2 aromatic heterocycles. The Kier molecular flexibility index (Phi) is 6.28. The smallest absolute Gasteiger partial charge is 0.259 e. The summed E-state index contributed by atoms with van der Waals surface area (Å²) in [6.07, 6.45) is 0. The number of aryl methyl sites for hydroxylation is 1. The topological polar surface area (TPSA) is 94.0 Å². The molecule has 2 heterocycles. The predicted molar refractivity (Wildman–Crippen MR) is 99.7 cm³/mol. The van der Waals surface area contributed by atoms with Crippen LogP contribution in [-0.2, 0) is 0 Å². The third kappa shape index (κ3) is 4.00. The minimum atomic E-state index is -0.339. The molecule has 0 saturated carbocycles. The first kappa shape index (κ1) is 19.8. The molecule has 0 spiro atoms. The summed E-state index contributed by atoms with van der Waals surface area (Å²) < 4.78 is 18.4. The van der Waals surface area contributed by atoms with Gasteiger partial charge in [-0.3, -0.25) is 4.79 Å². The van der Waals surface area contributed by atoms with Gasteiger partial charge in [-0.15, -0.1) is 12.4 Å². The van der Waals surface area contributed by atoms with Crippen LogP contribution < -0.4 is 11.1 Å². The van der Waals surface area contributed by atoms with E-state index in [0.717, 1.165) is 0 Å². The van der Waals surface area contributed by atoms with Gasteiger partial charge in [-0.2, -0.15) is 0 Å². The summed E-state index contributed by atoms with van der Waals surface area (Å²) in [6.45, 7) is 4.66. The van der Waals surface area contributed by atoms with Crippen LogP contribution in [0.4, 0.5) is 4.39 Å². The number of carbonyl (C=O) groups is 1. The molecule has 6 nitrogen and oxygen atoms in total. The standard InChI is InChI=1S/C18H19FN4O2.ClH/c1-10(8-20)9-21-17(24)14-7-15(12-3-5-13(19)6-4-12)22-18-16(14)11(2)23-25-18;/h3-7,10H,8-9,20H2,1-2H3,(H,21,24);1H. The highest BCUT2D eigenvalue weighted by Gasteiger charge is 2.19. The number of carbonyl (C=O) groups excluding carboxylic acids is 1. The summed E-state index contributed by atoms with van der Waals surface area (Å²) in [4.78, 5) is 17.1. The van der Waals surface area contributed by atoms with Crippen LogP contribution in [-0.4, -0.2) is 29.1 Å². The molecule has 0 aliphatic rings. The van der Waals surface area contributed by atoms with Crippen LogP contribution in [0.2, 0.25) is 0 Å². The molecule has 0 bridgehead atoms. The van der Waals surface area contributed by atoms with Gasteiger partial charge in [0.1, 0.15) is 5.82 Å². The van der Waals surface area contributed by atoms with Crippen molar-refractivity contribution in [1.82, 2.24) is 15.5 Å². The quantitative estimate of drug-likeness (QED) is 0.711. The van der Waals surface area contributed by atoms with Crippen LogP contribution in [0.25, 0.3) is 22.4 Å². The van der Waals surface area contributed by atoms with E-state index in [-0.39, 0.29) is 35.8 Å². The fourth-order valence-corrected chi connectivity index (χ4v) is 2.49. The highest BCUT2D eigenvalue weighted by Crippen LogP contribution is 2.27. The zero-order valence-electron chi connectivity index (χ0n) is 14.5. The Labute approximate surface area is 156 Å². The fraction of sp³-hybridized carbons (Fsp3) is 0.278. The van der Waals surface area contributed by atoms with Gasteiger partial charge in [0.05, 0.1) is 22.3 Å². The van der Waals surface area contributed by atoms with Crippen LogP contribution in [0.1, 0.15) is 23.0 Å². The molecule has 3 aromatic rings. The van der Waals surface area contributed by atoms with E-state index >= 15 is 0 Å². The first-order valence-electron chi connectivity index (χ1n) is 8.00. The van der Waals surface area contributed by atoms with Crippen molar-refractivity contribution in [3.8, 4) is 11.3 Å². The summed E-state index contributed by atoms with van der Waals surface area (Å²) in [5.41, 5.74) is 8.07. The molecule has 3 rings (SSSR count). The van der Waals surface area contributed by atoms with E-state index in [9.17, 15) is 9.18 Å². The number of hydrogen-bond donors (Lipinski definition) is 2. The normalized spacial score (nSPS) is 11.8. The van der Waals surface area contributed by atoms with Crippen molar-refractivity contribution >= 4 is 29.4 Å². The minimum absolute atomic E-state index is 0. The Morgan fingerprint density at radius 1 is 1.35 bits per heavy atom. The summed E-state index contributed by atoms with van der Waals surface area (Å²) in [7, 11) is 0. The highest BCUT2D eigenvalue weighted by molar-refractivity contribution is 6.07. The van der Waals surface area contributed by atoms with Crippen LogP contribution in [0.3, 0.4) is 0 Å². The number of fused-ring (bicyclic) bond motifs is 1. The molecule has 8 heteroatoms. The zero-order chi connectivity index (χ0) is 18.0. The maximum Gasteiger partial charge on any atom is 0.259 e. The van der Waals surface area contributed by atoms with E-state index in [1.165, 1.54) is 12.1 Å². The molecule has 1 amide bonds. The molecular weight excluding hydrogens is 359 g/mol. The molecular formula is C18H20ClFN4O2. The van der Waals surface area contributed by atoms with Crippen LogP contribution in [0.15, 0.2) is 34.9 Å². The Morgan fingerprint density at radius 3 is 2.69 bits per heavy atom. The third-order valence-corrected chi connectivity index (χ3v) is 4.02.